The molecule has 5 nitrogen and oxygen atoms in total. The predicted molar refractivity (Wildman–Crippen MR) is 112 cm³/mol. The Bertz CT molecular complexity index is 875. The third-order valence-corrected chi connectivity index (χ3v) is 6.25. The average Bonchev–Trinajstić information content (AvgIpc) is 3.26. The van der Waals surface area contributed by atoms with E-state index in [9.17, 15) is 0 Å². The van der Waals surface area contributed by atoms with Crippen LogP contribution in [0, 0.1) is 0 Å². The van der Waals surface area contributed by atoms with Gasteiger partial charge in [0.25, 0.3) is 0 Å². The normalized spacial score (nSPS) is 15.7. The van der Waals surface area contributed by atoms with Crippen LogP contribution < -0.4 is 4.90 Å². The molecule has 1 aliphatic rings. The summed E-state index contributed by atoms with van der Waals surface area (Å²) in [5.41, 5.74) is 1.01. The van der Waals surface area contributed by atoms with Crippen LogP contribution in [0.15, 0.2) is 41.8 Å². The van der Waals surface area contributed by atoms with E-state index in [0.717, 1.165) is 66.3 Å². The van der Waals surface area contributed by atoms with Gasteiger partial charge in [-0.05, 0) is 49.9 Å². The fraction of sp³-hybridized carbons (Fsp3) is 0.429. The molecule has 2 aromatic heterocycles. The molecule has 3 aromatic rings. The first-order valence-corrected chi connectivity index (χ1v) is 10.5. The lowest BCUT2D eigenvalue weighted by Gasteiger charge is -2.37. The maximum atomic E-state index is 9.06. The monoisotopic (exact) mass is 382 g/mol. The summed E-state index contributed by atoms with van der Waals surface area (Å²) in [7, 11) is 2.17. The van der Waals surface area contributed by atoms with Crippen molar-refractivity contribution in [2.24, 2.45) is 0 Å². The summed E-state index contributed by atoms with van der Waals surface area (Å²) in [6.07, 6.45) is 3.08. The summed E-state index contributed by atoms with van der Waals surface area (Å²) in [5.74, 6) is 1.88. The van der Waals surface area contributed by atoms with Gasteiger partial charge >= 0.3 is 0 Å². The van der Waals surface area contributed by atoms with Crippen LogP contribution >= 0.6 is 11.3 Å². The molecule has 0 unspecified atom stereocenters. The van der Waals surface area contributed by atoms with E-state index in [2.05, 4.69) is 46.5 Å². The largest absolute Gasteiger partial charge is 0.396 e. The quantitative estimate of drug-likeness (QED) is 0.705. The number of hydrogen-bond acceptors (Lipinski definition) is 6. The molecule has 3 heterocycles. The topological polar surface area (TPSA) is 52.5 Å². The van der Waals surface area contributed by atoms with Crippen molar-refractivity contribution in [1.29, 1.82) is 0 Å². The zero-order valence-corrected chi connectivity index (χ0v) is 16.5. The lowest BCUT2D eigenvalue weighted by molar-refractivity contribution is 0.184. The Morgan fingerprint density at radius 2 is 1.96 bits per heavy atom. The number of anilines is 1. The summed E-state index contributed by atoms with van der Waals surface area (Å²) in [4.78, 5) is 15.7. The Labute approximate surface area is 164 Å². The van der Waals surface area contributed by atoms with Crippen LogP contribution in [0.25, 0.3) is 21.6 Å². The highest BCUT2D eigenvalue weighted by molar-refractivity contribution is 7.13. The van der Waals surface area contributed by atoms with E-state index >= 15 is 0 Å². The molecule has 6 heteroatoms. The van der Waals surface area contributed by atoms with Crippen molar-refractivity contribution in [2.75, 3.05) is 38.2 Å². The third-order valence-electron chi connectivity index (χ3n) is 5.38. The molecular weight excluding hydrogens is 356 g/mol. The van der Waals surface area contributed by atoms with E-state index in [1.807, 2.05) is 12.1 Å². The fourth-order valence-corrected chi connectivity index (χ4v) is 4.50. The van der Waals surface area contributed by atoms with Crippen molar-refractivity contribution in [3.05, 3.63) is 41.8 Å². The number of rotatable bonds is 6. The van der Waals surface area contributed by atoms with Crippen LogP contribution in [0.2, 0.25) is 0 Å². The molecule has 1 fully saturated rings. The molecule has 1 N–H and O–H groups in total. The molecule has 27 heavy (non-hydrogen) atoms. The van der Waals surface area contributed by atoms with Crippen LogP contribution in [0.1, 0.15) is 19.3 Å². The van der Waals surface area contributed by atoms with Gasteiger partial charge in [-0.2, -0.15) is 0 Å². The Morgan fingerprint density at radius 3 is 2.70 bits per heavy atom. The third kappa shape index (κ3) is 3.98. The van der Waals surface area contributed by atoms with Gasteiger partial charge in [0.2, 0.25) is 0 Å². The van der Waals surface area contributed by atoms with E-state index in [1.54, 1.807) is 11.3 Å². The second-order valence-electron chi connectivity index (χ2n) is 7.14. The average molecular weight is 383 g/mol. The number of hydrogen-bond donors (Lipinski definition) is 1. The van der Waals surface area contributed by atoms with Gasteiger partial charge in [-0.25, -0.2) is 9.97 Å². The highest BCUT2D eigenvalue weighted by Crippen LogP contribution is 2.31. The number of para-hydroxylation sites is 1. The molecule has 0 spiro atoms. The van der Waals surface area contributed by atoms with Gasteiger partial charge in [0.15, 0.2) is 5.82 Å². The first-order chi connectivity index (χ1) is 13.3. The van der Waals surface area contributed by atoms with Crippen LogP contribution in [0.3, 0.4) is 0 Å². The molecule has 0 atom stereocenters. The lowest BCUT2D eigenvalue weighted by atomic mass is 10.0. The number of aliphatic hydroxyl groups is 1. The minimum Gasteiger partial charge on any atom is -0.396 e. The molecular formula is C21H26N4OS. The van der Waals surface area contributed by atoms with Crippen LogP contribution in [-0.4, -0.2) is 59.3 Å². The second-order valence-corrected chi connectivity index (χ2v) is 8.09. The van der Waals surface area contributed by atoms with E-state index in [4.69, 9.17) is 15.1 Å². The molecule has 0 radical (unpaired) electrons. The number of fused-ring (bicyclic) bond motifs is 1. The minimum atomic E-state index is 0.265. The van der Waals surface area contributed by atoms with Crippen molar-refractivity contribution in [3.8, 4) is 10.7 Å². The number of benzene rings is 1. The molecule has 0 saturated carbocycles. The summed E-state index contributed by atoms with van der Waals surface area (Å²) in [6.45, 7) is 3.22. The Balaban J connectivity index is 1.58. The summed E-state index contributed by atoms with van der Waals surface area (Å²) < 4.78 is 0. The van der Waals surface area contributed by atoms with Gasteiger partial charge in [0.1, 0.15) is 5.82 Å². The number of aliphatic hydroxyl groups excluding tert-OH is 1. The second kappa shape index (κ2) is 8.33. The molecule has 1 saturated heterocycles. The van der Waals surface area contributed by atoms with Crippen molar-refractivity contribution in [3.63, 3.8) is 0 Å². The minimum absolute atomic E-state index is 0.265. The lowest BCUT2D eigenvalue weighted by Crippen LogP contribution is -2.44. The zero-order valence-electron chi connectivity index (χ0n) is 15.7. The molecule has 1 aromatic carbocycles. The molecule has 0 aliphatic carbocycles. The van der Waals surface area contributed by atoms with E-state index < -0.39 is 0 Å². The van der Waals surface area contributed by atoms with Gasteiger partial charge < -0.3 is 14.9 Å². The standard InChI is InChI=1S/C21H26N4OS/c1-24(11-5-14-26)16-9-12-25(13-10-16)21-17-6-2-3-7-18(17)22-20(23-21)19-8-4-15-27-19/h2-4,6-8,15-16,26H,5,9-14H2,1H3. The summed E-state index contributed by atoms with van der Waals surface area (Å²) >= 11 is 1.68. The smallest absolute Gasteiger partial charge is 0.172 e. The van der Waals surface area contributed by atoms with Gasteiger partial charge in [-0.3, -0.25) is 0 Å². The number of piperidine rings is 1. The van der Waals surface area contributed by atoms with Gasteiger partial charge in [0.05, 0.1) is 10.4 Å². The highest BCUT2D eigenvalue weighted by Gasteiger charge is 2.24. The van der Waals surface area contributed by atoms with E-state index in [1.165, 1.54) is 0 Å². The van der Waals surface area contributed by atoms with Gasteiger partial charge in [-0.1, -0.05) is 18.2 Å². The zero-order chi connectivity index (χ0) is 18.6. The molecule has 142 valence electrons. The first kappa shape index (κ1) is 18.3. The maximum absolute atomic E-state index is 9.06. The molecule has 0 amide bonds. The Morgan fingerprint density at radius 1 is 1.15 bits per heavy atom. The van der Waals surface area contributed by atoms with Crippen LogP contribution in [-0.2, 0) is 0 Å². The number of aromatic nitrogens is 2. The van der Waals surface area contributed by atoms with Gasteiger partial charge in [0, 0.05) is 37.7 Å². The van der Waals surface area contributed by atoms with Crippen LogP contribution in [0.5, 0.6) is 0 Å². The summed E-state index contributed by atoms with van der Waals surface area (Å²) in [6, 6.07) is 13.0. The molecule has 1 aliphatic heterocycles. The number of nitrogens with zero attached hydrogens (tertiary/aromatic N) is 4. The van der Waals surface area contributed by atoms with Crippen molar-refractivity contribution >= 4 is 28.1 Å². The SMILES string of the molecule is CN(CCCO)C1CCN(c2nc(-c3cccs3)nc3ccccc23)CC1. The van der Waals surface area contributed by atoms with E-state index in [0.29, 0.717) is 6.04 Å². The van der Waals surface area contributed by atoms with Gasteiger partial charge in [-0.15, -0.1) is 11.3 Å². The highest BCUT2D eigenvalue weighted by atomic mass is 32.1. The molecule has 4 rings (SSSR count). The fourth-order valence-electron chi connectivity index (χ4n) is 3.84. The predicted octanol–water partition coefficient (Wildman–Crippen LogP) is 3.64. The molecule has 0 bridgehead atoms. The summed E-state index contributed by atoms with van der Waals surface area (Å²) in [5, 5.41) is 12.3. The van der Waals surface area contributed by atoms with Crippen molar-refractivity contribution < 1.29 is 5.11 Å². The van der Waals surface area contributed by atoms with Crippen molar-refractivity contribution in [2.45, 2.75) is 25.3 Å². The Hall–Kier alpha value is -2.02. The van der Waals surface area contributed by atoms with Crippen molar-refractivity contribution in [1.82, 2.24) is 14.9 Å². The first-order valence-electron chi connectivity index (χ1n) is 9.63. The Kier molecular flexibility index (Phi) is 5.66. The van der Waals surface area contributed by atoms with Crippen LogP contribution in [0.4, 0.5) is 5.82 Å². The van der Waals surface area contributed by atoms with E-state index in [-0.39, 0.29) is 6.61 Å². The number of thiophene rings is 1. The maximum Gasteiger partial charge on any atom is 0.172 e.